The summed E-state index contributed by atoms with van der Waals surface area (Å²) in [6, 6.07) is 3.20. The molecule has 0 heterocycles. The Bertz CT molecular complexity index is 495. The number of hydrogen-bond donors (Lipinski definition) is 2. The van der Waals surface area contributed by atoms with Crippen LogP contribution in [0, 0.1) is 0 Å². The predicted molar refractivity (Wildman–Crippen MR) is 74.4 cm³/mol. The molecule has 0 aliphatic heterocycles. The van der Waals surface area contributed by atoms with Crippen molar-refractivity contribution in [2.45, 2.75) is 19.1 Å². The van der Waals surface area contributed by atoms with Gasteiger partial charge in [-0.2, -0.15) is 13.2 Å². The van der Waals surface area contributed by atoms with Gasteiger partial charge in [-0.1, -0.05) is 11.6 Å². The number of alkyl halides is 3. The van der Waals surface area contributed by atoms with Crippen LogP contribution < -0.4 is 10.6 Å². The van der Waals surface area contributed by atoms with Gasteiger partial charge in [-0.25, -0.2) is 0 Å². The van der Waals surface area contributed by atoms with Gasteiger partial charge >= 0.3 is 6.18 Å². The summed E-state index contributed by atoms with van der Waals surface area (Å²) >= 11 is 5.51. The Morgan fingerprint density at radius 2 is 2.10 bits per heavy atom. The molecule has 1 unspecified atom stereocenters. The van der Waals surface area contributed by atoms with Crippen molar-refractivity contribution in [3.05, 3.63) is 28.8 Å². The van der Waals surface area contributed by atoms with E-state index in [4.69, 9.17) is 16.3 Å². The Kier molecular flexibility index (Phi) is 6.29. The minimum absolute atomic E-state index is 0.146. The van der Waals surface area contributed by atoms with Crippen molar-refractivity contribution >= 4 is 23.2 Å². The topological polar surface area (TPSA) is 50.4 Å². The van der Waals surface area contributed by atoms with Crippen LogP contribution in [0.15, 0.2) is 18.2 Å². The third kappa shape index (κ3) is 5.81. The molecule has 0 saturated carbocycles. The van der Waals surface area contributed by atoms with Crippen LogP contribution in [0.2, 0.25) is 5.02 Å². The predicted octanol–water partition coefficient (Wildman–Crippen LogP) is 2.92. The molecule has 1 aromatic rings. The van der Waals surface area contributed by atoms with E-state index in [1.807, 2.05) is 0 Å². The largest absolute Gasteiger partial charge is 0.417 e. The molecule has 0 aliphatic carbocycles. The summed E-state index contributed by atoms with van der Waals surface area (Å²) in [5, 5.41) is 4.87. The van der Waals surface area contributed by atoms with Gasteiger partial charge in [0.05, 0.1) is 23.7 Å². The number of methoxy groups -OCH3 is 1. The molecule has 2 N–H and O–H groups in total. The van der Waals surface area contributed by atoms with Crippen molar-refractivity contribution in [2.75, 3.05) is 25.6 Å². The van der Waals surface area contributed by atoms with E-state index in [1.165, 1.54) is 13.2 Å². The van der Waals surface area contributed by atoms with E-state index in [-0.39, 0.29) is 29.2 Å². The SMILES string of the molecule is COCC(C)NC(=O)CNc1ccc(Cl)c(C(F)(F)F)c1. The van der Waals surface area contributed by atoms with Crippen LogP contribution in [-0.4, -0.2) is 32.2 Å². The van der Waals surface area contributed by atoms with Gasteiger partial charge in [0, 0.05) is 18.8 Å². The van der Waals surface area contributed by atoms with Gasteiger partial charge in [0.25, 0.3) is 0 Å². The van der Waals surface area contributed by atoms with Crippen molar-refractivity contribution in [1.82, 2.24) is 5.32 Å². The summed E-state index contributed by atoms with van der Waals surface area (Å²) in [4.78, 5) is 11.6. The molecule has 118 valence electrons. The van der Waals surface area contributed by atoms with E-state index >= 15 is 0 Å². The second kappa shape index (κ2) is 7.51. The van der Waals surface area contributed by atoms with Gasteiger partial charge in [0.2, 0.25) is 5.91 Å². The number of ether oxygens (including phenoxy) is 1. The molecule has 0 bridgehead atoms. The van der Waals surface area contributed by atoms with Crippen LogP contribution in [0.3, 0.4) is 0 Å². The first kappa shape index (κ1) is 17.6. The number of rotatable bonds is 6. The Hall–Kier alpha value is -1.47. The zero-order chi connectivity index (χ0) is 16.0. The average Bonchev–Trinajstić information content (AvgIpc) is 2.36. The van der Waals surface area contributed by atoms with Gasteiger partial charge < -0.3 is 15.4 Å². The minimum atomic E-state index is -4.54. The zero-order valence-electron chi connectivity index (χ0n) is 11.6. The second-order valence-corrected chi connectivity index (χ2v) is 4.88. The van der Waals surface area contributed by atoms with Crippen molar-refractivity contribution < 1.29 is 22.7 Å². The Labute approximate surface area is 125 Å². The van der Waals surface area contributed by atoms with Crippen molar-refractivity contribution in [1.29, 1.82) is 0 Å². The lowest BCUT2D eigenvalue weighted by molar-refractivity contribution is -0.137. The number of hydrogen-bond acceptors (Lipinski definition) is 3. The second-order valence-electron chi connectivity index (χ2n) is 4.47. The zero-order valence-corrected chi connectivity index (χ0v) is 12.3. The van der Waals surface area contributed by atoms with Gasteiger partial charge in [0.15, 0.2) is 0 Å². The summed E-state index contributed by atoms with van der Waals surface area (Å²) in [5.74, 6) is -0.344. The van der Waals surface area contributed by atoms with E-state index in [1.54, 1.807) is 6.92 Å². The van der Waals surface area contributed by atoms with E-state index in [9.17, 15) is 18.0 Å². The number of halogens is 4. The molecule has 0 saturated heterocycles. The molecule has 1 rings (SSSR count). The lowest BCUT2D eigenvalue weighted by atomic mass is 10.2. The van der Waals surface area contributed by atoms with Gasteiger partial charge in [-0.3, -0.25) is 4.79 Å². The van der Waals surface area contributed by atoms with Crippen LogP contribution in [0.4, 0.5) is 18.9 Å². The summed E-state index contributed by atoms with van der Waals surface area (Å²) in [6.45, 7) is 1.96. The number of benzene rings is 1. The fourth-order valence-electron chi connectivity index (χ4n) is 1.65. The standard InChI is InChI=1S/C13H16ClF3N2O2/c1-8(7-21-2)19-12(20)6-18-9-3-4-11(14)10(5-9)13(15,16)17/h3-5,8,18H,6-7H2,1-2H3,(H,19,20). The number of carbonyl (C=O) groups is 1. The maximum absolute atomic E-state index is 12.7. The maximum Gasteiger partial charge on any atom is 0.417 e. The average molecular weight is 325 g/mol. The fourth-order valence-corrected chi connectivity index (χ4v) is 1.88. The number of nitrogens with one attached hydrogen (secondary N) is 2. The van der Waals surface area contributed by atoms with Crippen LogP contribution in [0.1, 0.15) is 12.5 Å². The van der Waals surface area contributed by atoms with E-state index in [2.05, 4.69) is 10.6 Å². The van der Waals surface area contributed by atoms with Crippen LogP contribution in [0.5, 0.6) is 0 Å². The Morgan fingerprint density at radius 1 is 1.43 bits per heavy atom. The normalized spacial score (nSPS) is 12.9. The van der Waals surface area contributed by atoms with Crippen molar-refractivity contribution in [2.24, 2.45) is 0 Å². The highest BCUT2D eigenvalue weighted by Crippen LogP contribution is 2.36. The first-order valence-electron chi connectivity index (χ1n) is 6.13. The summed E-state index contributed by atoms with van der Waals surface area (Å²) in [6.07, 6.45) is -4.54. The molecule has 8 heteroatoms. The van der Waals surface area contributed by atoms with Gasteiger partial charge in [0.1, 0.15) is 0 Å². The lowest BCUT2D eigenvalue weighted by Gasteiger charge is -2.14. The molecule has 4 nitrogen and oxygen atoms in total. The van der Waals surface area contributed by atoms with Gasteiger partial charge in [-0.05, 0) is 25.1 Å². The van der Waals surface area contributed by atoms with Crippen LogP contribution in [-0.2, 0) is 15.7 Å². The summed E-state index contributed by atoms with van der Waals surface area (Å²) in [7, 11) is 1.51. The lowest BCUT2D eigenvalue weighted by Crippen LogP contribution is -2.39. The first-order chi connectivity index (χ1) is 9.74. The molecular formula is C13H16ClF3N2O2. The molecule has 1 atom stereocenters. The summed E-state index contributed by atoms with van der Waals surface area (Å²) in [5.41, 5.74) is -0.774. The fraction of sp³-hybridized carbons (Fsp3) is 0.462. The van der Waals surface area contributed by atoms with Crippen LogP contribution >= 0.6 is 11.6 Å². The van der Waals surface area contributed by atoms with Gasteiger partial charge in [-0.15, -0.1) is 0 Å². The number of amides is 1. The molecule has 0 aliphatic rings. The Morgan fingerprint density at radius 3 is 2.67 bits per heavy atom. The van der Waals surface area contributed by atoms with Crippen LogP contribution in [0.25, 0.3) is 0 Å². The molecule has 0 spiro atoms. The molecule has 0 radical (unpaired) electrons. The van der Waals surface area contributed by atoms with E-state index < -0.39 is 11.7 Å². The molecule has 0 fully saturated rings. The van der Waals surface area contributed by atoms with Crippen molar-refractivity contribution in [3.63, 3.8) is 0 Å². The Balaban J connectivity index is 2.62. The molecule has 0 aromatic heterocycles. The minimum Gasteiger partial charge on any atom is -0.383 e. The number of carbonyl (C=O) groups excluding carboxylic acids is 1. The molecule has 1 amide bonds. The first-order valence-corrected chi connectivity index (χ1v) is 6.50. The molecular weight excluding hydrogens is 309 g/mol. The van der Waals surface area contributed by atoms with E-state index in [0.717, 1.165) is 12.1 Å². The smallest absolute Gasteiger partial charge is 0.383 e. The molecule has 21 heavy (non-hydrogen) atoms. The molecule has 1 aromatic carbocycles. The highest BCUT2D eigenvalue weighted by molar-refractivity contribution is 6.31. The highest BCUT2D eigenvalue weighted by atomic mass is 35.5. The summed E-state index contributed by atoms with van der Waals surface area (Å²) < 4.78 is 42.9. The third-order valence-electron chi connectivity index (χ3n) is 2.55. The monoisotopic (exact) mass is 324 g/mol. The maximum atomic E-state index is 12.7. The number of anilines is 1. The quantitative estimate of drug-likeness (QED) is 0.846. The van der Waals surface area contributed by atoms with Crippen molar-refractivity contribution in [3.8, 4) is 0 Å². The van der Waals surface area contributed by atoms with E-state index in [0.29, 0.717) is 6.61 Å². The third-order valence-corrected chi connectivity index (χ3v) is 2.88. The highest BCUT2D eigenvalue weighted by Gasteiger charge is 2.33.